The largest absolute Gasteiger partial charge is 0.490 e. The number of carbonyl (C=O) groups is 3. The summed E-state index contributed by atoms with van der Waals surface area (Å²) in [5, 5.41) is 2.46. The van der Waals surface area contributed by atoms with Crippen LogP contribution in [0, 0.1) is 5.82 Å². The topological polar surface area (TPSA) is 84.9 Å². The number of imide groups is 1. The van der Waals surface area contributed by atoms with Gasteiger partial charge in [0.05, 0.1) is 16.5 Å². The van der Waals surface area contributed by atoms with Crippen LogP contribution in [0.3, 0.4) is 0 Å². The number of nitrogens with zero attached hydrogens (tertiary/aromatic N) is 1. The summed E-state index contributed by atoms with van der Waals surface area (Å²) in [6.07, 6.45) is 2.24. The van der Waals surface area contributed by atoms with Crippen LogP contribution in [-0.4, -0.2) is 41.2 Å². The normalized spacial score (nSPS) is 15.6. The number of halogens is 2. The number of hydrogen-bond acceptors (Lipinski definition) is 6. The number of rotatable bonds is 9. The number of nitrogens with one attached hydrogen (secondary N) is 1. The molecule has 0 saturated carbocycles. The molecular weight excluding hydrogens is 483 g/mol. The molecule has 0 aromatic heterocycles. The van der Waals surface area contributed by atoms with Crippen molar-refractivity contribution in [2.75, 3.05) is 18.5 Å². The van der Waals surface area contributed by atoms with Crippen molar-refractivity contribution in [2.24, 2.45) is 0 Å². The van der Waals surface area contributed by atoms with Crippen LogP contribution in [-0.2, 0) is 9.59 Å². The molecule has 0 bridgehead atoms. The molecule has 3 rings (SSSR count). The van der Waals surface area contributed by atoms with Gasteiger partial charge in [-0.3, -0.25) is 19.3 Å². The number of carbonyl (C=O) groups excluding carboxylic acids is 3. The first kappa shape index (κ1) is 25.6. The van der Waals surface area contributed by atoms with E-state index in [0.717, 1.165) is 11.8 Å². The second-order valence-corrected chi connectivity index (χ2v) is 8.82. The molecule has 3 amide bonds. The highest BCUT2D eigenvalue weighted by atomic mass is 35.5. The third kappa shape index (κ3) is 6.09. The van der Waals surface area contributed by atoms with E-state index in [9.17, 15) is 18.8 Å². The lowest BCUT2D eigenvalue weighted by atomic mass is 10.1. The number of anilines is 1. The van der Waals surface area contributed by atoms with Gasteiger partial charge in [0.15, 0.2) is 18.1 Å². The van der Waals surface area contributed by atoms with E-state index in [1.807, 2.05) is 13.8 Å². The summed E-state index contributed by atoms with van der Waals surface area (Å²) in [6, 6.07) is 8.33. The van der Waals surface area contributed by atoms with Gasteiger partial charge in [-0.05, 0) is 80.1 Å². The number of ether oxygens (including phenoxy) is 2. The molecule has 0 unspecified atom stereocenters. The highest BCUT2D eigenvalue weighted by molar-refractivity contribution is 8.18. The van der Waals surface area contributed by atoms with Crippen LogP contribution < -0.4 is 14.8 Å². The molecule has 1 aliphatic heterocycles. The second kappa shape index (κ2) is 11.4. The van der Waals surface area contributed by atoms with Crippen LogP contribution in [0.15, 0.2) is 41.3 Å². The Morgan fingerprint density at radius 1 is 1.21 bits per heavy atom. The molecule has 2 aromatic rings. The average Bonchev–Trinajstić information content (AvgIpc) is 3.07. The van der Waals surface area contributed by atoms with Crippen LogP contribution >= 0.6 is 23.4 Å². The van der Waals surface area contributed by atoms with Gasteiger partial charge in [0, 0.05) is 11.7 Å². The molecule has 1 fully saturated rings. The zero-order valence-electron chi connectivity index (χ0n) is 18.9. The first-order valence-electron chi connectivity index (χ1n) is 10.6. The number of hydrogen-bond donors (Lipinski definition) is 1. The highest BCUT2D eigenvalue weighted by Gasteiger charge is 2.37. The molecule has 0 aliphatic carbocycles. The van der Waals surface area contributed by atoms with Gasteiger partial charge in [-0.1, -0.05) is 18.5 Å². The minimum absolute atomic E-state index is 0.169. The second-order valence-electron chi connectivity index (χ2n) is 7.42. The molecule has 1 aliphatic rings. The van der Waals surface area contributed by atoms with Gasteiger partial charge in [-0.2, -0.15) is 0 Å². The number of thioether (sulfide) groups is 1. The Balaban J connectivity index is 1.77. The molecule has 1 atom stereocenters. The van der Waals surface area contributed by atoms with E-state index >= 15 is 0 Å². The monoisotopic (exact) mass is 506 g/mol. The molecule has 1 N–H and O–H groups in total. The van der Waals surface area contributed by atoms with Gasteiger partial charge in [-0.15, -0.1) is 0 Å². The predicted molar refractivity (Wildman–Crippen MR) is 131 cm³/mol. The Labute approximate surface area is 206 Å². The van der Waals surface area contributed by atoms with E-state index in [0.29, 0.717) is 24.3 Å². The third-order valence-corrected chi connectivity index (χ3v) is 6.12. The van der Waals surface area contributed by atoms with Crippen molar-refractivity contribution in [2.45, 2.75) is 33.2 Å². The van der Waals surface area contributed by atoms with E-state index in [2.05, 4.69) is 5.32 Å². The van der Waals surface area contributed by atoms with Gasteiger partial charge >= 0.3 is 0 Å². The fourth-order valence-electron chi connectivity index (χ4n) is 3.14. The molecule has 1 heterocycles. The molecule has 2 aromatic carbocycles. The van der Waals surface area contributed by atoms with E-state index in [1.165, 1.54) is 29.2 Å². The van der Waals surface area contributed by atoms with Crippen molar-refractivity contribution < 1.29 is 28.2 Å². The number of amides is 3. The summed E-state index contributed by atoms with van der Waals surface area (Å²) >= 11 is 7.28. The molecular formula is C24H24ClFN2O5S. The van der Waals surface area contributed by atoms with Gasteiger partial charge in [0.25, 0.3) is 17.1 Å². The summed E-state index contributed by atoms with van der Waals surface area (Å²) in [5.41, 5.74) is 0.971. The van der Waals surface area contributed by atoms with Gasteiger partial charge in [-0.25, -0.2) is 4.39 Å². The van der Waals surface area contributed by atoms with Gasteiger partial charge in [0.1, 0.15) is 5.82 Å². The Morgan fingerprint density at radius 2 is 1.91 bits per heavy atom. The molecule has 1 saturated heterocycles. The lowest BCUT2D eigenvalue weighted by Gasteiger charge is -2.19. The zero-order chi connectivity index (χ0) is 24.8. The van der Waals surface area contributed by atoms with Crippen LogP contribution in [0.1, 0.15) is 32.8 Å². The van der Waals surface area contributed by atoms with Crippen molar-refractivity contribution in [3.63, 3.8) is 0 Å². The molecule has 0 radical (unpaired) electrons. The van der Waals surface area contributed by atoms with Crippen molar-refractivity contribution in [3.8, 4) is 11.5 Å². The van der Waals surface area contributed by atoms with E-state index < -0.39 is 11.7 Å². The van der Waals surface area contributed by atoms with E-state index in [1.54, 1.807) is 25.1 Å². The average molecular weight is 507 g/mol. The van der Waals surface area contributed by atoms with Gasteiger partial charge in [0.2, 0.25) is 0 Å². The maximum Gasteiger partial charge on any atom is 0.293 e. The predicted octanol–water partition coefficient (Wildman–Crippen LogP) is 5.73. The highest BCUT2D eigenvalue weighted by Crippen LogP contribution is 2.39. The minimum atomic E-state index is -0.465. The first-order valence-corrected chi connectivity index (χ1v) is 11.8. The van der Waals surface area contributed by atoms with E-state index in [4.69, 9.17) is 21.1 Å². The SMILES string of the molecule is CCOc1cc(/C=C2/SC(=O)N([C@H](C)CC)C2=O)cc(Cl)c1OCC(=O)Nc1ccc(F)cc1. The summed E-state index contributed by atoms with van der Waals surface area (Å²) in [5.74, 6) is -0.768. The quantitative estimate of drug-likeness (QED) is 0.437. The van der Waals surface area contributed by atoms with Crippen LogP contribution in [0.25, 0.3) is 6.08 Å². The Kier molecular flexibility index (Phi) is 8.57. The lowest BCUT2D eigenvalue weighted by Crippen LogP contribution is -2.36. The first-order chi connectivity index (χ1) is 16.2. The fourth-order valence-corrected chi connectivity index (χ4v) is 4.34. The van der Waals surface area contributed by atoms with Crippen LogP contribution in [0.5, 0.6) is 11.5 Å². The maximum absolute atomic E-state index is 13.0. The van der Waals surface area contributed by atoms with Crippen LogP contribution in [0.4, 0.5) is 14.9 Å². The Morgan fingerprint density at radius 3 is 2.56 bits per heavy atom. The van der Waals surface area contributed by atoms with Crippen molar-refractivity contribution in [1.82, 2.24) is 4.90 Å². The van der Waals surface area contributed by atoms with Crippen LogP contribution in [0.2, 0.25) is 5.02 Å². The van der Waals surface area contributed by atoms with E-state index in [-0.39, 0.29) is 45.2 Å². The molecule has 34 heavy (non-hydrogen) atoms. The standard InChI is InChI=1S/C24H24ClFN2O5S/c1-4-14(3)28-23(30)20(34-24(28)31)12-15-10-18(25)22(19(11-15)32-5-2)33-13-21(29)27-17-8-6-16(26)7-9-17/h6-12,14H,4-5,13H2,1-3H3,(H,27,29)/b20-12+/t14-/m1/s1. The summed E-state index contributed by atoms with van der Waals surface area (Å²) in [6.45, 7) is 5.46. The zero-order valence-corrected chi connectivity index (χ0v) is 20.5. The maximum atomic E-state index is 13.0. The third-order valence-electron chi connectivity index (χ3n) is 4.96. The lowest BCUT2D eigenvalue weighted by molar-refractivity contribution is -0.124. The molecule has 0 spiro atoms. The summed E-state index contributed by atoms with van der Waals surface area (Å²) < 4.78 is 24.3. The van der Waals surface area contributed by atoms with Crippen molar-refractivity contribution >= 4 is 52.2 Å². The Bertz CT molecular complexity index is 1120. The fraction of sp³-hybridized carbons (Fsp3) is 0.292. The summed E-state index contributed by atoms with van der Waals surface area (Å²) in [7, 11) is 0. The van der Waals surface area contributed by atoms with Gasteiger partial charge < -0.3 is 14.8 Å². The molecule has 7 nitrogen and oxygen atoms in total. The van der Waals surface area contributed by atoms with Crippen molar-refractivity contribution in [3.05, 3.63) is 57.7 Å². The smallest absolute Gasteiger partial charge is 0.293 e. The number of benzene rings is 2. The minimum Gasteiger partial charge on any atom is -0.490 e. The summed E-state index contributed by atoms with van der Waals surface area (Å²) in [4.78, 5) is 38.7. The van der Waals surface area contributed by atoms with Crippen molar-refractivity contribution in [1.29, 1.82) is 0 Å². The molecule has 10 heteroatoms. The molecule has 180 valence electrons. The Hall–Kier alpha value is -3.04.